The lowest BCUT2D eigenvalue weighted by molar-refractivity contribution is 0.0989. The highest BCUT2D eigenvalue weighted by atomic mass is 16.1. The Kier molecular flexibility index (Phi) is 6.60. The monoisotopic (exact) mass is 284 g/mol. The van der Waals surface area contributed by atoms with Crippen molar-refractivity contribution in [2.45, 2.75) is 40.5 Å². The second-order valence-corrected chi connectivity index (χ2v) is 4.95. The number of carbonyl (C=O) groups is 1. The van der Waals surface area contributed by atoms with Crippen LogP contribution in [0.4, 0.5) is 5.69 Å². The van der Waals surface area contributed by atoms with Crippen LogP contribution in [0.3, 0.4) is 0 Å². The van der Waals surface area contributed by atoms with Gasteiger partial charge in [-0.05, 0) is 29.8 Å². The highest BCUT2D eigenvalue weighted by Gasteiger charge is 2.10. The number of hydrogen-bond acceptors (Lipinski definition) is 2. The minimum atomic E-state index is 0.0840. The van der Waals surface area contributed by atoms with Crippen LogP contribution in [0.2, 0.25) is 0 Å². The fraction of sp³-hybridized carbons (Fsp3) is 0.333. The molecule has 21 heavy (non-hydrogen) atoms. The molecule has 2 N–H and O–H groups in total. The van der Waals surface area contributed by atoms with E-state index in [0.29, 0.717) is 23.5 Å². The largest absolute Gasteiger partial charge is 0.387 e. The minimum Gasteiger partial charge on any atom is -0.387 e. The van der Waals surface area contributed by atoms with Crippen molar-refractivity contribution in [1.29, 1.82) is 0 Å². The number of benzene rings is 2. The highest BCUT2D eigenvalue weighted by molar-refractivity contribution is 6.05. The molecule has 2 aromatic rings. The van der Waals surface area contributed by atoms with Crippen molar-refractivity contribution in [3.05, 3.63) is 42.0 Å². The smallest absolute Gasteiger partial charge is 0.164 e. The summed E-state index contributed by atoms with van der Waals surface area (Å²) in [6.07, 6.45) is 1.71. The Morgan fingerprint density at radius 3 is 2.10 bits per heavy atom. The maximum atomic E-state index is 11.9. The summed E-state index contributed by atoms with van der Waals surface area (Å²) in [4.78, 5) is 16.2. The van der Waals surface area contributed by atoms with Gasteiger partial charge >= 0.3 is 0 Å². The topological polar surface area (TPSA) is 55.5 Å². The third-order valence-electron chi connectivity index (χ3n) is 2.78. The second kappa shape index (κ2) is 8.20. The number of amidine groups is 1. The number of fused-ring (bicyclic) bond motifs is 1. The van der Waals surface area contributed by atoms with E-state index in [0.717, 1.165) is 10.8 Å². The van der Waals surface area contributed by atoms with Gasteiger partial charge in [0.05, 0.1) is 11.5 Å². The molecule has 0 heterocycles. The van der Waals surface area contributed by atoms with Crippen LogP contribution in [-0.2, 0) is 0 Å². The summed E-state index contributed by atoms with van der Waals surface area (Å²) in [5.41, 5.74) is 6.91. The van der Waals surface area contributed by atoms with Crippen molar-refractivity contribution in [3.63, 3.8) is 0 Å². The Hall–Kier alpha value is -2.16. The van der Waals surface area contributed by atoms with Crippen molar-refractivity contribution in [3.8, 4) is 0 Å². The molecular formula is C18H24N2O. The number of nitrogens with zero attached hydrogens (tertiary/aromatic N) is 1. The van der Waals surface area contributed by atoms with Crippen molar-refractivity contribution in [2.24, 2.45) is 10.7 Å². The normalized spacial score (nSPS) is 11.0. The third-order valence-corrected chi connectivity index (χ3v) is 2.78. The summed E-state index contributed by atoms with van der Waals surface area (Å²) >= 11 is 0. The summed E-state index contributed by atoms with van der Waals surface area (Å²) < 4.78 is 0. The Morgan fingerprint density at radius 2 is 1.62 bits per heavy atom. The lowest BCUT2D eigenvalue weighted by Crippen LogP contribution is -2.05. The Bertz CT molecular complexity index is 641. The Morgan fingerprint density at radius 1 is 1.10 bits per heavy atom. The van der Waals surface area contributed by atoms with Gasteiger partial charge in [-0.25, -0.2) is 4.99 Å². The van der Waals surface area contributed by atoms with Crippen LogP contribution >= 0.6 is 0 Å². The predicted molar refractivity (Wildman–Crippen MR) is 91.5 cm³/mol. The Balaban J connectivity index is 0.000000677. The molecule has 2 aromatic carbocycles. The summed E-state index contributed by atoms with van der Waals surface area (Å²) in [5.74, 6) is 0.538. The van der Waals surface area contributed by atoms with Gasteiger partial charge in [-0.2, -0.15) is 0 Å². The molecule has 0 unspecified atom stereocenters. The van der Waals surface area contributed by atoms with Crippen molar-refractivity contribution < 1.29 is 4.79 Å². The zero-order valence-electron chi connectivity index (χ0n) is 13.3. The number of ketones is 1. The Labute approximate surface area is 126 Å². The van der Waals surface area contributed by atoms with Crippen LogP contribution in [0.1, 0.15) is 50.9 Å². The lowest BCUT2D eigenvalue weighted by atomic mass is 10.0. The zero-order valence-corrected chi connectivity index (χ0v) is 13.3. The van der Waals surface area contributed by atoms with Crippen LogP contribution in [-0.4, -0.2) is 11.6 Å². The van der Waals surface area contributed by atoms with Gasteiger partial charge in [-0.15, -0.1) is 0 Å². The van der Waals surface area contributed by atoms with Crippen molar-refractivity contribution >= 4 is 28.1 Å². The number of aliphatic imine (C=N–C) groups is 1. The molecule has 0 aliphatic carbocycles. The van der Waals surface area contributed by atoms with E-state index >= 15 is 0 Å². The lowest BCUT2D eigenvalue weighted by Gasteiger charge is -2.07. The van der Waals surface area contributed by atoms with Crippen LogP contribution in [0, 0.1) is 0 Å². The first-order chi connectivity index (χ1) is 10.0. The summed E-state index contributed by atoms with van der Waals surface area (Å²) in [6, 6.07) is 11.7. The quantitative estimate of drug-likeness (QED) is 0.497. The molecule has 0 aliphatic heterocycles. The van der Waals surface area contributed by atoms with E-state index in [1.807, 2.05) is 43.3 Å². The predicted octanol–water partition coefficient (Wildman–Crippen LogP) is 4.86. The molecule has 112 valence electrons. The van der Waals surface area contributed by atoms with E-state index in [4.69, 9.17) is 5.73 Å². The van der Waals surface area contributed by atoms with Gasteiger partial charge < -0.3 is 5.73 Å². The minimum absolute atomic E-state index is 0.0840. The molecular weight excluding hydrogens is 260 g/mol. The van der Waals surface area contributed by atoms with E-state index in [9.17, 15) is 4.79 Å². The maximum Gasteiger partial charge on any atom is 0.164 e. The average molecular weight is 284 g/mol. The number of rotatable bonds is 3. The number of nitrogens with two attached hydrogens (primary N) is 1. The third kappa shape index (κ3) is 4.71. The van der Waals surface area contributed by atoms with E-state index < -0.39 is 0 Å². The average Bonchev–Trinajstić information content (AvgIpc) is 2.46. The second-order valence-electron chi connectivity index (χ2n) is 4.95. The van der Waals surface area contributed by atoms with Crippen LogP contribution in [0.5, 0.6) is 0 Å². The van der Waals surface area contributed by atoms with Gasteiger partial charge in [0.1, 0.15) is 0 Å². The van der Waals surface area contributed by atoms with Gasteiger partial charge in [0.25, 0.3) is 0 Å². The molecule has 2 rings (SSSR count). The molecule has 0 atom stereocenters. The van der Waals surface area contributed by atoms with E-state index in [1.54, 1.807) is 6.92 Å². The molecule has 3 heteroatoms. The number of carbonyl (C=O) groups excluding carboxylic acids is 1. The summed E-state index contributed by atoms with van der Waals surface area (Å²) in [6.45, 7) is 7.82. The first-order valence-corrected chi connectivity index (χ1v) is 7.40. The number of Topliss-reactive ketones (excluding diaryl/α,β-unsaturated/α-hetero) is 1. The van der Waals surface area contributed by atoms with E-state index in [-0.39, 0.29) is 5.78 Å². The van der Waals surface area contributed by atoms with Gasteiger partial charge in [0, 0.05) is 12.0 Å². The first-order valence-electron chi connectivity index (χ1n) is 7.40. The van der Waals surface area contributed by atoms with Gasteiger partial charge in [-0.3, -0.25) is 4.79 Å². The van der Waals surface area contributed by atoms with E-state index in [2.05, 4.69) is 18.8 Å². The molecule has 0 bridgehead atoms. The standard InChI is InChI=1S/C15H16N2O.C3H8/c1-3-15(18)13-8-11-6-4-5-7-12(11)9-14(13)17-10(2)16;1-3-2/h4-9H,3H2,1-2H3,(H2,16,17);3H2,1-2H3. The SMILES string of the molecule is CCC.CCC(=O)c1cc2ccccc2cc1N=C(C)N. The number of hydrogen-bond donors (Lipinski definition) is 1. The molecule has 0 saturated heterocycles. The molecule has 0 spiro atoms. The van der Waals surface area contributed by atoms with Crippen LogP contribution in [0.15, 0.2) is 41.4 Å². The fourth-order valence-corrected chi connectivity index (χ4v) is 1.92. The summed E-state index contributed by atoms with van der Waals surface area (Å²) in [5, 5.41) is 2.10. The first kappa shape index (κ1) is 16.9. The van der Waals surface area contributed by atoms with Crippen LogP contribution in [0.25, 0.3) is 10.8 Å². The molecule has 3 nitrogen and oxygen atoms in total. The zero-order chi connectivity index (χ0) is 15.8. The highest BCUT2D eigenvalue weighted by Crippen LogP contribution is 2.27. The molecule has 0 aliphatic rings. The summed E-state index contributed by atoms with van der Waals surface area (Å²) in [7, 11) is 0. The van der Waals surface area contributed by atoms with Gasteiger partial charge in [0.15, 0.2) is 5.78 Å². The van der Waals surface area contributed by atoms with Gasteiger partial charge in [0.2, 0.25) is 0 Å². The van der Waals surface area contributed by atoms with Crippen molar-refractivity contribution in [1.82, 2.24) is 0 Å². The molecule has 0 amide bonds. The molecule has 0 aromatic heterocycles. The van der Waals surface area contributed by atoms with Crippen molar-refractivity contribution in [2.75, 3.05) is 0 Å². The molecule has 0 saturated carbocycles. The molecule has 0 fully saturated rings. The fourth-order valence-electron chi connectivity index (χ4n) is 1.92. The van der Waals surface area contributed by atoms with E-state index in [1.165, 1.54) is 6.42 Å². The molecule has 0 radical (unpaired) electrons. The van der Waals surface area contributed by atoms with Crippen LogP contribution < -0.4 is 5.73 Å². The maximum absolute atomic E-state index is 11.9. The van der Waals surface area contributed by atoms with Gasteiger partial charge in [-0.1, -0.05) is 51.5 Å².